The van der Waals surface area contributed by atoms with Crippen LogP contribution in [0.25, 0.3) is 0 Å². The summed E-state index contributed by atoms with van der Waals surface area (Å²) in [4.78, 5) is 22.9. The van der Waals surface area contributed by atoms with Crippen molar-refractivity contribution >= 4 is 50.7 Å². The molecule has 0 fully saturated rings. The van der Waals surface area contributed by atoms with Gasteiger partial charge in [-0.05, 0) is 42.5 Å². The molecule has 0 radical (unpaired) electrons. The first-order chi connectivity index (χ1) is 12.1. The Labute approximate surface area is 160 Å². The van der Waals surface area contributed by atoms with Crippen LogP contribution in [0.3, 0.4) is 0 Å². The van der Waals surface area contributed by atoms with Gasteiger partial charge in [-0.15, -0.1) is 0 Å². The number of amides is 2. The maximum absolute atomic E-state index is 12.6. The van der Waals surface area contributed by atoms with Crippen LogP contribution in [-0.2, 0) is 14.8 Å². The third kappa shape index (κ3) is 4.73. The van der Waals surface area contributed by atoms with Gasteiger partial charge in [-0.2, -0.15) is 4.31 Å². The van der Waals surface area contributed by atoms with E-state index in [9.17, 15) is 18.0 Å². The van der Waals surface area contributed by atoms with Gasteiger partial charge in [-0.3, -0.25) is 9.59 Å². The number of nitrogens with zero attached hydrogens (tertiary/aromatic N) is 1. The highest BCUT2D eigenvalue weighted by atomic mass is 35.5. The zero-order chi connectivity index (χ0) is 19.5. The van der Waals surface area contributed by atoms with Crippen molar-refractivity contribution < 1.29 is 18.0 Å². The lowest BCUT2D eigenvalue weighted by molar-refractivity contribution is -0.116. The number of primary amides is 1. The summed E-state index contributed by atoms with van der Waals surface area (Å²) in [6.07, 6.45) is 0. The SMILES string of the molecule is CN(CC(=O)Nc1ccc(C(N)=O)cc1)S(=O)(=O)c1cc(Cl)ccc1Cl. The zero-order valence-corrected chi connectivity index (χ0v) is 15.9. The number of rotatable bonds is 6. The molecule has 2 aromatic carbocycles. The van der Waals surface area contributed by atoms with E-state index in [0.717, 1.165) is 4.31 Å². The summed E-state index contributed by atoms with van der Waals surface area (Å²) in [6.45, 7) is -0.442. The molecule has 138 valence electrons. The van der Waals surface area contributed by atoms with Crippen molar-refractivity contribution in [2.45, 2.75) is 4.90 Å². The zero-order valence-electron chi connectivity index (χ0n) is 13.6. The number of halogens is 2. The fourth-order valence-corrected chi connectivity index (χ4v) is 3.91. The molecule has 0 aliphatic carbocycles. The summed E-state index contributed by atoms with van der Waals surface area (Å²) in [7, 11) is -2.75. The van der Waals surface area contributed by atoms with Crippen molar-refractivity contribution in [2.75, 3.05) is 18.9 Å². The number of nitrogens with two attached hydrogens (primary N) is 1. The lowest BCUT2D eigenvalue weighted by Gasteiger charge is -2.18. The number of hydrogen-bond donors (Lipinski definition) is 2. The van der Waals surface area contributed by atoms with Gasteiger partial charge in [0.25, 0.3) is 0 Å². The molecule has 2 aromatic rings. The van der Waals surface area contributed by atoms with E-state index in [2.05, 4.69) is 5.32 Å². The van der Waals surface area contributed by atoms with Crippen LogP contribution in [0.4, 0.5) is 5.69 Å². The number of hydrogen-bond acceptors (Lipinski definition) is 4. The third-order valence-electron chi connectivity index (χ3n) is 3.40. The number of carbonyl (C=O) groups excluding carboxylic acids is 2. The van der Waals surface area contributed by atoms with E-state index in [1.165, 1.54) is 49.5 Å². The van der Waals surface area contributed by atoms with E-state index in [1.54, 1.807) is 0 Å². The Hall–Kier alpha value is -2.13. The monoisotopic (exact) mass is 415 g/mol. The molecule has 10 heteroatoms. The van der Waals surface area contributed by atoms with Crippen LogP contribution in [0.2, 0.25) is 10.0 Å². The smallest absolute Gasteiger partial charge is 0.248 e. The summed E-state index contributed by atoms with van der Waals surface area (Å²) >= 11 is 11.8. The second kappa shape index (κ2) is 8.05. The number of anilines is 1. The van der Waals surface area contributed by atoms with Crippen molar-refractivity contribution in [3.05, 3.63) is 58.1 Å². The van der Waals surface area contributed by atoms with Gasteiger partial charge in [0.05, 0.1) is 11.6 Å². The van der Waals surface area contributed by atoms with Crippen LogP contribution < -0.4 is 11.1 Å². The molecule has 0 aromatic heterocycles. The van der Waals surface area contributed by atoms with Gasteiger partial charge in [-0.25, -0.2) is 8.42 Å². The van der Waals surface area contributed by atoms with Gasteiger partial charge in [0.15, 0.2) is 0 Å². The fraction of sp³-hybridized carbons (Fsp3) is 0.125. The molecular formula is C16H15Cl2N3O4S. The first-order valence-electron chi connectivity index (χ1n) is 7.22. The van der Waals surface area contributed by atoms with Crippen LogP contribution >= 0.6 is 23.2 Å². The Bertz CT molecular complexity index is 946. The van der Waals surface area contributed by atoms with Crippen molar-refractivity contribution in [1.82, 2.24) is 4.31 Å². The molecule has 0 saturated carbocycles. The molecule has 3 N–H and O–H groups in total. The number of likely N-dealkylation sites (N-methyl/N-ethyl adjacent to an activating group) is 1. The summed E-state index contributed by atoms with van der Waals surface area (Å²) in [5.41, 5.74) is 5.82. The minimum Gasteiger partial charge on any atom is -0.366 e. The topological polar surface area (TPSA) is 110 Å². The van der Waals surface area contributed by atoms with Gasteiger partial charge in [0.1, 0.15) is 4.90 Å². The normalized spacial score (nSPS) is 11.4. The van der Waals surface area contributed by atoms with Crippen LogP contribution in [0.1, 0.15) is 10.4 Å². The maximum atomic E-state index is 12.6. The molecule has 2 amide bonds. The minimum absolute atomic E-state index is 0.00342. The van der Waals surface area contributed by atoms with Crippen molar-refractivity contribution in [3.8, 4) is 0 Å². The Balaban J connectivity index is 2.10. The molecular weight excluding hydrogens is 401 g/mol. The highest BCUT2D eigenvalue weighted by Gasteiger charge is 2.25. The predicted octanol–water partition coefficient (Wildman–Crippen LogP) is 2.35. The lowest BCUT2D eigenvalue weighted by Crippen LogP contribution is -2.35. The van der Waals surface area contributed by atoms with Crippen molar-refractivity contribution in [1.29, 1.82) is 0 Å². The summed E-state index contributed by atoms with van der Waals surface area (Å²) in [5, 5.41) is 2.74. The van der Waals surface area contributed by atoms with Crippen LogP contribution in [0.5, 0.6) is 0 Å². The van der Waals surface area contributed by atoms with Crippen LogP contribution in [-0.4, -0.2) is 38.1 Å². The molecule has 0 heterocycles. The van der Waals surface area contributed by atoms with Crippen molar-refractivity contribution in [2.24, 2.45) is 5.73 Å². The maximum Gasteiger partial charge on any atom is 0.248 e. The van der Waals surface area contributed by atoms with E-state index < -0.39 is 28.4 Å². The van der Waals surface area contributed by atoms with E-state index in [4.69, 9.17) is 28.9 Å². The van der Waals surface area contributed by atoms with Crippen LogP contribution in [0.15, 0.2) is 47.4 Å². The molecule has 0 spiro atoms. The molecule has 7 nitrogen and oxygen atoms in total. The van der Waals surface area contributed by atoms with Gasteiger partial charge in [-0.1, -0.05) is 23.2 Å². The Morgan fingerprint density at radius 1 is 1.12 bits per heavy atom. The minimum atomic E-state index is -4.00. The largest absolute Gasteiger partial charge is 0.366 e. The van der Waals surface area contributed by atoms with Gasteiger partial charge >= 0.3 is 0 Å². The quantitative estimate of drug-likeness (QED) is 0.753. The lowest BCUT2D eigenvalue weighted by atomic mass is 10.2. The van der Waals surface area contributed by atoms with Gasteiger partial charge in [0.2, 0.25) is 21.8 Å². The summed E-state index contributed by atoms with van der Waals surface area (Å²) < 4.78 is 26.0. The van der Waals surface area contributed by atoms with E-state index in [1.807, 2.05) is 0 Å². The van der Waals surface area contributed by atoms with Crippen LogP contribution in [0, 0.1) is 0 Å². The summed E-state index contributed by atoms with van der Waals surface area (Å²) in [5.74, 6) is -1.16. The second-order valence-electron chi connectivity index (χ2n) is 5.33. The third-order valence-corrected chi connectivity index (χ3v) is 5.92. The Morgan fingerprint density at radius 2 is 1.73 bits per heavy atom. The van der Waals surface area contributed by atoms with E-state index in [0.29, 0.717) is 11.3 Å². The van der Waals surface area contributed by atoms with Crippen molar-refractivity contribution in [3.63, 3.8) is 0 Å². The van der Waals surface area contributed by atoms with E-state index >= 15 is 0 Å². The number of benzene rings is 2. The first kappa shape index (κ1) is 20.2. The Morgan fingerprint density at radius 3 is 2.31 bits per heavy atom. The van der Waals surface area contributed by atoms with Gasteiger partial charge in [0, 0.05) is 23.3 Å². The average molecular weight is 416 g/mol. The van der Waals surface area contributed by atoms with Gasteiger partial charge < -0.3 is 11.1 Å². The molecule has 26 heavy (non-hydrogen) atoms. The molecule has 0 saturated heterocycles. The standard InChI is InChI=1S/C16H15Cl2N3O4S/c1-21(26(24,25)14-8-11(17)4-7-13(14)18)9-15(22)20-12-5-2-10(3-6-12)16(19)23/h2-8H,9H2,1H3,(H2,19,23)(H,20,22). The molecule has 0 bridgehead atoms. The molecule has 0 aliphatic rings. The predicted molar refractivity (Wildman–Crippen MR) is 99.9 cm³/mol. The molecule has 0 atom stereocenters. The van der Waals surface area contributed by atoms with E-state index in [-0.39, 0.29) is 14.9 Å². The number of carbonyl (C=O) groups is 2. The number of nitrogens with one attached hydrogen (secondary N) is 1. The highest BCUT2D eigenvalue weighted by Crippen LogP contribution is 2.27. The fourth-order valence-electron chi connectivity index (χ4n) is 2.05. The Kier molecular flexibility index (Phi) is 6.25. The molecule has 0 unspecified atom stereocenters. The number of sulfonamides is 1. The summed E-state index contributed by atoms with van der Waals surface area (Å²) in [6, 6.07) is 9.92. The average Bonchev–Trinajstić information content (AvgIpc) is 2.57. The second-order valence-corrected chi connectivity index (χ2v) is 8.18. The molecule has 0 aliphatic heterocycles. The first-order valence-corrected chi connectivity index (χ1v) is 9.42. The molecule has 2 rings (SSSR count). The highest BCUT2D eigenvalue weighted by molar-refractivity contribution is 7.89.